The van der Waals surface area contributed by atoms with Crippen molar-refractivity contribution in [3.05, 3.63) is 47.9 Å². The molecule has 0 amide bonds. The van der Waals surface area contributed by atoms with E-state index in [4.69, 9.17) is 5.11 Å². The van der Waals surface area contributed by atoms with Crippen LogP contribution in [0.3, 0.4) is 0 Å². The zero-order chi connectivity index (χ0) is 9.26. The Bertz CT molecular complexity index is 366. The highest BCUT2D eigenvalue weighted by atomic mass is 35.5. The van der Waals surface area contributed by atoms with Crippen LogP contribution in [0.4, 0.5) is 0 Å². The second kappa shape index (κ2) is 4.15. The lowest BCUT2D eigenvalue weighted by Crippen LogP contribution is -2.25. The fourth-order valence-corrected chi connectivity index (χ4v) is 1.35. The molecule has 0 bridgehead atoms. The number of hydrogen-bond acceptors (Lipinski definition) is 2. The molecule has 1 N–H and O–H groups in total. The van der Waals surface area contributed by atoms with E-state index >= 15 is 0 Å². The lowest BCUT2D eigenvalue weighted by Gasteiger charge is -2.26. The maximum atomic E-state index is 10.7. The van der Waals surface area contributed by atoms with E-state index in [1.54, 1.807) is 6.08 Å². The molecule has 4 heteroatoms. The lowest BCUT2D eigenvalue weighted by molar-refractivity contribution is -0.132. The summed E-state index contributed by atoms with van der Waals surface area (Å²) in [5.74, 6) is -0.849. The first-order valence-corrected chi connectivity index (χ1v) is 4.03. The Hall–Kier alpha value is -1.48. The molecule has 0 unspecified atom stereocenters. The number of halogens is 1. The summed E-state index contributed by atoms with van der Waals surface area (Å²) in [4.78, 5) is 12.6. The van der Waals surface area contributed by atoms with Crippen molar-refractivity contribution in [3.63, 3.8) is 0 Å². The van der Waals surface area contributed by atoms with Crippen molar-refractivity contribution in [2.45, 2.75) is 0 Å². The molecule has 0 aromatic rings. The Morgan fingerprint density at radius 2 is 2.14 bits per heavy atom. The van der Waals surface area contributed by atoms with Crippen LogP contribution in [0.2, 0.25) is 0 Å². The molecule has 0 radical (unpaired) electrons. The van der Waals surface area contributed by atoms with Gasteiger partial charge in [0, 0.05) is 11.9 Å². The smallest absolute Gasteiger partial charge is 0.333 e. The number of nitrogens with zero attached hydrogens (tertiary/aromatic N) is 1. The summed E-state index contributed by atoms with van der Waals surface area (Å²) in [6, 6.07) is 0. The minimum atomic E-state index is -0.849. The molecule has 0 atom stereocenters. The molecule has 74 valence electrons. The highest BCUT2D eigenvalue weighted by Gasteiger charge is 2.16. The Morgan fingerprint density at radius 1 is 1.36 bits per heavy atom. The third-order valence-corrected chi connectivity index (χ3v) is 2.05. The van der Waals surface area contributed by atoms with Crippen molar-refractivity contribution in [2.24, 2.45) is 0 Å². The van der Waals surface area contributed by atoms with Crippen LogP contribution in [0, 0.1) is 0 Å². The number of allylic oxidation sites excluding steroid dienone is 5. The van der Waals surface area contributed by atoms with Gasteiger partial charge >= 0.3 is 5.97 Å². The van der Waals surface area contributed by atoms with E-state index in [1.165, 1.54) is 0 Å². The van der Waals surface area contributed by atoms with Gasteiger partial charge in [-0.1, -0.05) is 6.08 Å². The summed E-state index contributed by atoms with van der Waals surface area (Å²) < 4.78 is 0. The van der Waals surface area contributed by atoms with Gasteiger partial charge in [0.2, 0.25) is 0 Å². The van der Waals surface area contributed by atoms with Gasteiger partial charge < -0.3 is 10.0 Å². The van der Waals surface area contributed by atoms with Crippen LogP contribution in [0.25, 0.3) is 0 Å². The largest absolute Gasteiger partial charge is 0.478 e. The van der Waals surface area contributed by atoms with Crippen LogP contribution in [-0.2, 0) is 4.79 Å². The number of carboxylic acids is 1. The minimum absolute atomic E-state index is 0. The first-order chi connectivity index (χ1) is 6.27. The average Bonchev–Trinajstić information content (AvgIpc) is 2.17. The molecule has 14 heavy (non-hydrogen) atoms. The zero-order valence-corrected chi connectivity index (χ0v) is 8.20. The number of aliphatic carboxylic acids is 1. The normalized spacial score (nSPS) is 17.9. The van der Waals surface area contributed by atoms with Crippen molar-refractivity contribution in [2.75, 3.05) is 6.54 Å². The number of hydrogen-bond donors (Lipinski definition) is 1. The molecule has 2 rings (SSSR count). The van der Waals surface area contributed by atoms with Crippen LogP contribution < -0.4 is 0 Å². The summed E-state index contributed by atoms with van der Waals surface area (Å²) in [7, 11) is 0. The second-order valence-electron chi connectivity index (χ2n) is 2.92. The Labute approximate surface area is 88.1 Å². The maximum Gasteiger partial charge on any atom is 0.333 e. The van der Waals surface area contributed by atoms with Crippen molar-refractivity contribution >= 4 is 18.4 Å². The summed E-state index contributed by atoms with van der Waals surface area (Å²) >= 11 is 0. The molecule has 0 fully saturated rings. The van der Waals surface area contributed by atoms with E-state index in [2.05, 4.69) is 0 Å². The highest BCUT2D eigenvalue weighted by Crippen LogP contribution is 2.19. The van der Waals surface area contributed by atoms with Gasteiger partial charge in [0.1, 0.15) is 0 Å². The lowest BCUT2D eigenvalue weighted by atomic mass is 10.1. The first kappa shape index (κ1) is 10.6. The molecule has 2 aliphatic heterocycles. The Kier molecular flexibility index (Phi) is 3.14. The van der Waals surface area contributed by atoms with E-state index in [0.29, 0.717) is 12.1 Å². The van der Waals surface area contributed by atoms with Gasteiger partial charge in [-0.15, -0.1) is 12.4 Å². The van der Waals surface area contributed by atoms with Crippen LogP contribution >= 0.6 is 12.4 Å². The average molecular weight is 212 g/mol. The van der Waals surface area contributed by atoms with Crippen LogP contribution in [0.1, 0.15) is 0 Å². The van der Waals surface area contributed by atoms with Gasteiger partial charge in [0.25, 0.3) is 0 Å². The van der Waals surface area contributed by atoms with Crippen LogP contribution in [0.15, 0.2) is 47.9 Å². The molecule has 0 aromatic carbocycles. The van der Waals surface area contributed by atoms with Crippen molar-refractivity contribution in [1.29, 1.82) is 0 Å². The summed E-state index contributed by atoms with van der Waals surface area (Å²) in [5, 5.41) is 8.76. The molecular weight excluding hydrogens is 202 g/mol. The van der Waals surface area contributed by atoms with Crippen LogP contribution in [0.5, 0.6) is 0 Å². The fraction of sp³-hybridized carbons (Fsp3) is 0.100. The van der Waals surface area contributed by atoms with Crippen molar-refractivity contribution in [3.8, 4) is 0 Å². The van der Waals surface area contributed by atoms with E-state index in [1.807, 2.05) is 35.4 Å². The second-order valence-corrected chi connectivity index (χ2v) is 2.92. The van der Waals surface area contributed by atoms with E-state index in [0.717, 1.165) is 5.70 Å². The number of carboxylic acid groups (broad SMARTS) is 1. The van der Waals surface area contributed by atoms with Gasteiger partial charge in [-0.05, 0) is 24.3 Å². The summed E-state index contributed by atoms with van der Waals surface area (Å²) in [6.45, 7) is 0.446. The maximum absolute atomic E-state index is 10.7. The number of rotatable bonds is 1. The molecule has 3 nitrogen and oxygen atoms in total. The van der Waals surface area contributed by atoms with Crippen LogP contribution in [-0.4, -0.2) is 22.5 Å². The minimum Gasteiger partial charge on any atom is -0.478 e. The molecule has 0 spiro atoms. The number of fused-ring (bicyclic) bond motifs is 1. The fourth-order valence-electron chi connectivity index (χ4n) is 1.35. The standard InChI is InChI=1S/C10H9NO2.ClH/c12-10(13)8-4-5-9-3-1-2-6-11(9)7-8;/h1-6H,7H2,(H,12,13);1H. The number of carbonyl (C=O) groups is 1. The van der Waals surface area contributed by atoms with E-state index in [-0.39, 0.29) is 12.4 Å². The molecule has 0 saturated heterocycles. The van der Waals surface area contributed by atoms with E-state index in [9.17, 15) is 4.79 Å². The van der Waals surface area contributed by atoms with Crippen molar-refractivity contribution < 1.29 is 9.90 Å². The third-order valence-electron chi connectivity index (χ3n) is 2.05. The summed E-state index contributed by atoms with van der Waals surface area (Å²) in [5.41, 5.74) is 1.45. The Morgan fingerprint density at radius 3 is 2.86 bits per heavy atom. The zero-order valence-electron chi connectivity index (χ0n) is 7.38. The highest BCUT2D eigenvalue weighted by molar-refractivity contribution is 5.88. The predicted octanol–water partition coefficient (Wildman–Crippen LogP) is 1.70. The molecule has 0 aliphatic carbocycles. The summed E-state index contributed by atoms with van der Waals surface area (Å²) in [6.07, 6.45) is 11.1. The quantitative estimate of drug-likeness (QED) is 0.718. The van der Waals surface area contributed by atoms with Gasteiger partial charge in [-0.25, -0.2) is 4.79 Å². The third kappa shape index (κ3) is 1.88. The Balaban J connectivity index is 0.000000980. The first-order valence-electron chi connectivity index (χ1n) is 4.03. The van der Waals surface area contributed by atoms with Gasteiger partial charge in [-0.2, -0.15) is 0 Å². The van der Waals surface area contributed by atoms with Crippen molar-refractivity contribution in [1.82, 2.24) is 4.90 Å². The van der Waals surface area contributed by atoms with E-state index < -0.39 is 5.97 Å². The van der Waals surface area contributed by atoms with Gasteiger partial charge in [0.05, 0.1) is 12.1 Å². The topological polar surface area (TPSA) is 40.5 Å². The molecule has 0 aromatic heterocycles. The monoisotopic (exact) mass is 211 g/mol. The SMILES string of the molecule is Cl.O=C(O)C1=CC=C2C=CC=CN2C1. The molecule has 2 aliphatic rings. The molecular formula is C10H10ClNO2. The molecule has 2 heterocycles. The molecule has 0 saturated carbocycles. The predicted molar refractivity (Wildman–Crippen MR) is 56.0 cm³/mol. The van der Waals surface area contributed by atoms with Gasteiger partial charge in [-0.3, -0.25) is 0 Å². The van der Waals surface area contributed by atoms with Gasteiger partial charge in [0.15, 0.2) is 0 Å².